The van der Waals surface area contributed by atoms with Crippen molar-refractivity contribution in [1.29, 1.82) is 0 Å². The van der Waals surface area contributed by atoms with E-state index in [4.69, 9.17) is 9.84 Å². The van der Waals surface area contributed by atoms with Crippen molar-refractivity contribution in [2.75, 3.05) is 13.2 Å². The lowest BCUT2D eigenvalue weighted by atomic mass is 10.4. The minimum atomic E-state index is -1.01. The van der Waals surface area contributed by atoms with Gasteiger partial charge in [-0.1, -0.05) is 0 Å². The maximum Gasteiger partial charge on any atom is 0.404 e. The quantitative estimate of drug-likeness (QED) is 0.692. The molecule has 0 radical (unpaired) electrons. The lowest BCUT2D eigenvalue weighted by Crippen LogP contribution is -2.23. The second kappa shape index (κ2) is 5.80. The van der Waals surface area contributed by atoms with Crippen LogP contribution in [0.15, 0.2) is 24.5 Å². The molecule has 0 unspecified atom stereocenters. The third-order valence-corrected chi connectivity index (χ3v) is 1.50. The van der Waals surface area contributed by atoms with Gasteiger partial charge in [-0.25, -0.2) is 4.79 Å². The third kappa shape index (κ3) is 4.30. The first-order valence-corrected chi connectivity index (χ1v) is 4.28. The van der Waals surface area contributed by atoms with Gasteiger partial charge >= 0.3 is 6.09 Å². The molecule has 0 fully saturated rings. The molecule has 0 bridgehead atoms. The lowest BCUT2D eigenvalue weighted by Gasteiger charge is -2.04. The van der Waals surface area contributed by atoms with E-state index < -0.39 is 6.09 Å². The smallest absolute Gasteiger partial charge is 0.404 e. The van der Waals surface area contributed by atoms with Crippen LogP contribution >= 0.6 is 0 Å². The number of aromatic nitrogens is 1. The van der Waals surface area contributed by atoms with Crippen LogP contribution in [0.25, 0.3) is 0 Å². The molecule has 0 aliphatic carbocycles. The van der Waals surface area contributed by atoms with Crippen LogP contribution in [-0.2, 0) is 0 Å². The zero-order chi connectivity index (χ0) is 10.2. The fraction of sp³-hybridized carbons (Fsp3) is 0.333. The molecular formula is C9H12N2O3. The summed E-state index contributed by atoms with van der Waals surface area (Å²) in [5.41, 5.74) is 0. The zero-order valence-corrected chi connectivity index (χ0v) is 7.64. The maximum atomic E-state index is 10.1. The van der Waals surface area contributed by atoms with Gasteiger partial charge in [0.15, 0.2) is 0 Å². The van der Waals surface area contributed by atoms with Crippen molar-refractivity contribution in [2.45, 2.75) is 6.42 Å². The molecule has 76 valence electrons. The maximum absolute atomic E-state index is 10.1. The second-order valence-corrected chi connectivity index (χ2v) is 2.62. The van der Waals surface area contributed by atoms with Crippen LogP contribution in [0.4, 0.5) is 4.79 Å². The number of amides is 1. The first kappa shape index (κ1) is 10.3. The topological polar surface area (TPSA) is 71.5 Å². The van der Waals surface area contributed by atoms with Gasteiger partial charge in [0, 0.05) is 12.7 Å². The molecule has 14 heavy (non-hydrogen) atoms. The SMILES string of the molecule is O=C(O)NCCCOc1cccnc1. The zero-order valence-electron chi connectivity index (χ0n) is 7.64. The molecule has 1 amide bonds. The van der Waals surface area contributed by atoms with Crippen LogP contribution < -0.4 is 10.1 Å². The molecule has 5 heteroatoms. The Morgan fingerprint density at radius 3 is 3.14 bits per heavy atom. The average Bonchev–Trinajstić information content (AvgIpc) is 2.18. The molecule has 5 nitrogen and oxygen atoms in total. The fourth-order valence-electron chi connectivity index (χ4n) is 0.890. The predicted octanol–water partition coefficient (Wildman–Crippen LogP) is 1.12. The van der Waals surface area contributed by atoms with E-state index in [0.717, 1.165) is 0 Å². The molecule has 0 saturated heterocycles. The summed E-state index contributed by atoms with van der Waals surface area (Å²) in [4.78, 5) is 13.9. The third-order valence-electron chi connectivity index (χ3n) is 1.50. The summed E-state index contributed by atoms with van der Waals surface area (Å²) in [7, 11) is 0. The largest absolute Gasteiger partial charge is 0.492 e. The van der Waals surface area contributed by atoms with E-state index in [9.17, 15) is 4.79 Å². The number of nitrogens with zero attached hydrogens (tertiary/aromatic N) is 1. The molecular weight excluding hydrogens is 184 g/mol. The van der Waals surface area contributed by atoms with E-state index in [1.54, 1.807) is 24.5 Å². The van der Waals surface area contributed by atoms with Crippen molar-refractivity contribution >= 4 is 6.09 Å². The fourth-order valence-corrected chi connectivity index (χ4v) is 0.890. The summed E-state index contributed by atoms with van der Waals surface area (Å²) >= 11 is 0. The summed E-state index contributed by atoms with van der Waals surface area (Å²) in [5.74, 6) is 0.697. The molecule has 1 aromatic heterocycles. The van der Waals surface area contributed by atoms with Gasteiger partial charge in [0.2, 0.25) is 0 Å². The minimum absolute atomic E-state index is 0.398. The van der Waals surface area contributed by atoms with E-state index in [1.807, 2.05) is 0 Å². The van der Waals surface area contributed by atoms with E-state index in [-0.39, 0.29) is 0 Å². The molecule has 0 atom stereocenters. The van der Waals surface area contributed by atoms with Gasteiger partial charge in [-0.2, -0.15) is 0 Å². The molecule has 0 spiro atoms. The molecule has 1 rings (SSSR count). The highest BCUT2D eigenvalue weighted by molar-refractivity contribution is 5.64. The normalized spacial score (nSPS) is 9.43. The number of carbonyl (C=O) groups is 1. The van der Waals surface area contributed by atoms with E-state index in [2.05, 4.69) is 10.3 Å². The first-order valence-electron chi connectivity index (χ1n) is 4.28. The van der Waals surface area contributed by atoms with Crippen LogP contribution in [-0.4, -0.2) is 29.3 Å². The molecule has 1 heterocycles. The van der Waals surface area contributed by atoms with Gasteiger partial charge in [-0.05, 0) is 18.6 Å². The van der Waals surface area contributed by atoms with Crippen LogP contribution in [0.5, 0.6) is 5.75 Å². The van der Waals surface area contributed by atoms with Crippen molar-refractivity contribution in [3.8, 4) is 5.75 Å². The summed E-state index contributed by atoms with van der Waals surface area (Å²) in [6.07, 6.45) is 2.91. The van der Waals surface area contributed by atoms with E-state index in [1.165, 1.54) is 0 Å². The molecule has 0 aromatic carbocycles. The Morgan fingerprint density at radius 1 is 1.64 bits per heavy atom. The molecule has 0 saturated carbocycles. The molecule has 1 aromatic rings. The van der Waals surface area contributed by atoms with Gasteiger partial charge in [-0.3, -0.25) is 4.98 Å². The Morgan fingerprint density at radius 2 is 2.50 bits per heavy atom. The summed E-state index contributed by atoms with van der Waals surface area (Å²) in [6, 6.07) is 3.59. The number of hydrogen-bond acceptors (Lipinski definition) is 3. The highest BCUT2D eigenvalue weighted by Gasteiger charge is 1.94. The highest BCUT2D eigenvalue weighted by atomic mass is 16.5. The van der Waals surface area contributed by atoms with E-state index >= 15 is 0 Å². The van der Waals surface area contributed by atoms with Gasteiger partial charge in [-0.15, -0.1) is 0 Å². The lowest BCUT2D eigenvalue weighted by molar-refractivity contribution is 0.193. The molecule has 0 aliphatic heterocycles. The second-order valence-electron chi connectivity index (χ2n) is 2.62. The average molecular weight is 196 g/mol. The van der Waals surface area contributed by atoms with Crippen LogP contribution in [0.1, 0.15) is 6.42 Å². The number of nitrogens with one attached hydrogen (secondary N) is 1. The van der Waals surface area contributed by atoms with Gasteiger partial charge in [0.1, 0.15) is 5.75 Å². The van der Waals surface area contributed by atoms with Crippen LogP contribution in [0.2, 0.25) is 0 Å². The highest BCUT2D eigenvalue weighted by Crippen LogP contribution is 2.05. The van der Waals surface area contributed by atoms with Crippen molar-refractivity contribution in [2.24, 2.45) is 0 Å². The first-order chi connectivity index (χ1) is 6.79. The number of pyridine rings is 1. The number of carboxylic acid groups (broad SMARTS) is 1. The monoisotopic (exact) mass is 196 g/mol. The van der Waals surface area contributed by atoms with Crippen molar-refractivity contribution < 1.29 is 14.6 Å². The Hall–Kier alpha value is -1.78. The van der Waals surface area contributed by atoms with Crippen molar-refractivity contribution in [3.63, 3.8) is 0 Å². The Bertz CT molecular complexity index is 277. The van der Waals surface area contributed by atoms with Crippen LogP contribution in [0, 0.1) is 0 Å². The van der Waals surface area contributed by atoms with E-state index in [0.29, 0.717) is 25.3 Å². The van der Waals surface area contributed by atoms with Gasteiger partial charge in [0.05, 0.1) is 12.8 Å². The molecule has 2 N–H and O–H groups in total. The number of hydrogen-bond donors (Lipinski definition) is 2. The summed E-state index contributed by atoms with van der Waals surface area (Å²) in [5, 5.41) is 10.5. The summed E-state index contributed by atoms with van der Waals surface area (Å²) < 4.78 is 5.29. The predicted molar refractivity (Wildman–Crippen MR) is 50.4 cm³/mol. The minimum Gasteiger partial charge on any atom is -0.492 e. The van der Waals surface area contributed by atoms with Crippen molar-refractivity contribution in [1.82, 2.24) is 10.3 Å². The van der Waals surface area contributed by atoms with Crippen molar-refractivity contribution in [3.05, 3.63) is 24.5 Å². The Labute approximate surface area is 81.7 Å². The molecule has 0 aliphatic rings. The Balaban J connectivity index is 2.08. The number of rotatable bonds is 5. The standard InChI is InChI=1S/C9H12N2O3/c12-9(13)11-5-2-6-14-8-3-1-4-10-7-8/h1,3-4,7,11H,2,5-6H2,(H,12,13). The Kier molecular flexibility index (Phi) is 4.26. The van der Waals surface area contributed by atoms with Gasteiger partial charge in [0.25, 0.3) is 0 Å². The number of ether oxygens (including phenoxy) is 1. The van der Waals surface area contributed by atoms with Crippen LogP contribution in [0.3, 0.4) is 0 Å². The summed E-state index contributed by atoms with van der Waals surface area (Å²) in [6.45, 7) is 0.877. The van der Waals surface area contributed by atoms with Gasteiger partial charge < -0.3 is 15.2 Å².